The molecule has 1 aromatic rings. The number of carboxylic acids is 1. The molecule has 0 bridgehead atoms. The summed E-state index contributed by atoms with van der Waals surface area (Å²) in [7, 11) is 1.68. The Kier molecular flexibility index (Phi) is 3.45. The highest BCUT2D eigenvalue weighted by Crippen LogP contribution is 2.20. The molecule has 0 spiro atoms. The van der Waals surface area contributed by atoms with Gasteiger partial charge in [-0.3, -0.25) is 9.78 Å². The molecule has 1 unspecified atom stereocenters. The number of rotatable bonds is 4. The lowest BCUT2D eigenvalue weighted by molar-refractivity contribution is -0.138. The van der Waals surface area contributed by atoms with Crippen molar-refractivity contribution in [1.29, 1.82) is 0 Å². The van der Waals surface area contributed by atoms with Crippen molar-refractivity contribution >= 4 is 12.0 Å². The minimum Gasteiger partial charge on any atom is -0.481 e. The van der Waals surface area contributed by atoms with E-state index in [0.717, 1.165) is 5.56 Å². The SMILES string of the molecule is CN1CC(CC(=O)O)N(Cc2ccncc2)C1=O. The summed E-state index contributed by atoms with van der Waals surface area (Å²) in [5.74, 6) is -0.886. The molecule has 0 aromatic carbocycles. The zero-order valence-corrected chi connectivity index (χ0v) is 10.1. The largest absolute Gasteiger partial charge is 0.481 e. The average Bonchev–Trinajstić information content (AvgIpc) is 2.58. The number of pyridine rings is 1. The van der Waals surface area contributed by atoms with E-state index in [1.165, 1.54) is 0 Å². The number of urea groups is 1. The van der Waals surface area contributed by atoms with Crippen molar-refractivity contribution in [3.05, 3.63) is 30.1 Å². The van der Waals surface area contributed by atoms with Gasteiger partial charge in [-0.15, -0.1) is 0 Å². The van der Waals surface area contributed by atoms with E-state index in [2.05, 4.69) is 4.98 Å². The van der Waals surface area contributed by atoms with Crippen LogP contribution in [0.15, 0.2) is 24.5 Å². The maximum atomic E-state index is 11.9. The number of aromatic nitrogens is 1. The van der Waals surface area contributed by atoms with Crippen molar-refractivity contribution in [3.63, 3.8) is 0 Å². The molecule has 2 amide bonds. The molecule has 1 N–H and O–H groups in total. The number of likely N-dealkylation sites (N-methyl/N-ethyl adjacent to an activating group) is 1. The molecule has 1 atom stereocenters. The number of amides is 2. The molecule has 0 saturated carbocycles. The van der Waals surface area contributed by atoms with Gasteiger partial charge in [0.15, 0.2) is 0 Å². The van der Waals surface area contributed by atoms with Gasteiger partial charge >= 0.3 is 12.0 Å². The molecule has 96 valence electrons. The first kappa shape index (κ1) is 12.3. The van der Waals surface area contributed by atoms with Crippen LogP contribution in [0, 0.1) is 0 Å². The molecule has 6 nitrogen and oxygen atoms in total. The van der Waals surface area contributed by atoms with Crippen molar-refractivity contribution < 1.29 is 14.7 Å². The summed E-state index contributed by atoms with van der Waals surface area (Å²) in [4.78, 5) is 29.8. The number of aliphatic carboxylic acids is 1. The fraction of sp³-hybridized carbons (Fsp3) is 0.417. The van der Waals surface area contributed by atoms with Gasteiger partial charge in [0, 0.05) is 32.5 Å². The number of hydrogen-bond donors (Lipinski definition) is 1. The van der Waals surface area contributed by atoms with Crippen LogP contribution in [-0.2, 0) is 11.3 Å². The number of carboxylic acid groups (broad SMARTS) is 1. The molecule has 1 aromatic heterocycles. The molecule has 1 saturated heterocycles. The smallest absolute Gasteiger partial charge is 0.320 e. The zero-order chi connectivity index (χ0) is 13.1. The van der Waals surface area contributed by atoms with E-state index in [1.54, 1.807) is 29.2 Å². The average molecular weight is 249 g/mol. The van der Waals surface area contributed by atoms with Gasteiger partial charge in [0.2, 0.25) is 0 Å². The van der Waals surface area contributed by atoms with Crippen molar-refractivity contribution in [3.8, 4) is 0 Å². The quantitative estimate of drug-likeness (QED) is 0.856. The number of carbonyl (C=O) groups is 2. The van der Waals surface area contributed by atoms with Gasteiger partial charge in [-0.05, 0) is 17.7 Å². The monoisotopic (exact) mass is 249 g/mol. The Hall–Kier alpha value is -2.11. The second-order valence-electron chi connectivity index (χ2n) is 4.40. The third kappa shape index (κ3) is 2.58. The van der Waals surface area contributed by atoms with Gasteiger partial charge in [-0.25, -0.2) is 4.79 Å². The zero-order valence-electron chi connectivity index (χ0n) is 10.1. The normalized spacial score (nSPS) is 19.4. The van der Waals surface area contributed by atoms with E-state index in [0.29, 0.717) is 13.1 Å². The van der Waals surface area contributed by atoms with Crippen LogP contribution in [0.1, 0.15) is 12.0 Å². The predicted octanol–water partition coefficient (Wildman–Crippen LogP) is 0.792. The van der Waals surface area contributed by atoms with Crippen LogP contribution in [0.4, 0.5) is 4.79 Å². The van der Waals surface area contributed by atoms with Crippen LogP contribution >= 0.6 is 0 Å². The van der Waals surface area contributed by atoms with Crippen LogP contribution in [0.5, 0.6) is 0 Å². The summed E-state index contributed by atoms with van der Waals surface area (Å²) in [5.41, 5.74) is 0.948. The fourth-order valence-corrected chi connectivity index (χ4v) is 2.13. The van der Waals surface area contributed by atoms with Gasteiger partial charge in [0.1, 0.15) is 0 Å². The standard InChI is InChI=1S/C12H15N3O3/c1-14-8-10(6-11(16)17)15(12(14)18)7-9-2-4-13-5-3-9/h2-5,10H,6-8H2,1H3,(H,16,17). The second-order valence-corrected chi connectivity index (χ2v) is 4.40. The first-order chi connectivity index (χ1) is 8.58. The first-order valence-electron chi connectivity index (χ1n) is 5.70. The lowest BCUT2D eigenvalue weighted by atomic mass is 10.1. The summed E-state index contributed by atoms with van der Waals surface area (Å²) in [6.45, 7) is 0.875. The highest BCUT2D eigenvalue weighted by molar-refractivity contribution is 5.78. The lowest BCUT2D eigenvalue weighted by Crippen LogP contribution is -2.35. The Bertz CT molecular complexity index is 449. The van der Waals surface area contributed by atoms with Crippen molar-refractivity contribution in [2.75, 3.05) is 13.6 Å². The van der Waals surface area contributed by atoms with Crippen molar-refractivity contribution in [2.45, 2.75) is 19.0 Å². The van der Waals surface area contributed by atoms with Crippen molar-refractivity contribution in [2.24, 2.45) is 0 Å². The second kappa shape index (κ2) is 5.03. The molecule has 2 heterocycles. The van der Waals surface area contributed by atoms with E-state index in [-0.39, 0.29) is 18.5 Å². The predicted molar refractivity (Wildman–Crippen MR) is 63.8 cm³/mol. The minimum atomic E-state index is -0.886. The summed E-state index contributed by atoms with van der Waals surface area (Å²) < 4.78 is 0. The molecule has 1 aliphatic heterocycles. The van der Waals surface area contributed by atoms with E-state index in [1.807, 2.05) is 12.1 Å². The topological polar surface area (TPSA) is 73.7 Å². The van der Waals surface area contributed by atoms with Crippen molar-refractivity contribution in [1.82, 2.24) is 14.8 Å². The molecule has 1 aliphatic rings. The summed E-state index contributed by atoms with van der Waals surface area (Å²) in [6.07, 6.45) is 3.29. The van der Waals surface area contributed by atoms with Crippen LogP contribution in [0.25, 0.3) is 0 Å². The maximum absolute atomic E-state index is 11.9. The summed E-state index contributed by atoms with van der Waals surface area (Å²) >= 11 is 0. The fourth-order valence-electron chi connectivity index (χ4n) is 2.13. The molecule has 18 heavy (non-hydrogen) atoms. The summed E-state index contributed by atoms with van der Waals surface area (Å²) in [5, 5.41) is 8.86. The minimum absolute atomic E-state index is 0.0266. The molecule has 1 fully saturated rings. The summed E-state index contributed by atoms with van der Waals surface area (Å²) in [6, 6.07) is 3.25. The third-order valence-corrected chi connectivity index (χ3v) is 3.01. The Balaban J connectivity index is 2.12. The van der Waals surface area contributed by atoms with Crippen LogP contribution < -0.4 is 0 Å². The molecule has 0 radical (unpaired) electrons. The molecule has 2 rings (SSSR count). The molecular formula is C12H15N3O3. The molecular weight excluding hydrogens is 234 g/mol. The maximum Gasteiger partial charge on any atom is 0.320 e. The van der Waals surface area contributed by atoms with Crippen LogP contribution in [0.2, 0.25) is 0 Å². The highest BCUT2D eigenvalue weighted by atomic mass is 16.4. The van der Waals surface area contributed by atoms with E-state index in [4.69, 9.17) is 5.11 Å². The van der Waals surface area contributed by atoms with Gasteiger partial charge in [0.25, 0.3) is 0 Å². The van der Waals surface area contributed by atoms with Gasteiger partial charge in [-0.2, -0.15) is 0 Å². The van der Waals surface area contributed by atoms with Gasteiger partial charge in [-0.1, -0.05) is 0 Å². The molecule has 0 aliphatic carbocycles. The Morgan fingerprint density at radius 2 is 2.17 bits per heavy atom. The number of nitrogens with zero attached hydrogens (tertiary/aromatic N) is 3. The highest BCUT2D eigenvalue weighted by Gasteiger charge is 2.36. The lowest BCUT2D eigenvalue weighted by Gasteiger charge is -2.21. The van der Waals surface area contributed by atoms with Gasteiger partial charge in [0.05, 0.1) is 12.5 Å². The molecule has 6 heteroatoms. The number of hydrogen-bond acceptors (Lipinski definition) is 3. The van der Waals surface area contributed by atoms with E-state index in [9.17, 15) is 9.59 Å². The Labute approximate surface area is 105 Å². The van der Waals surface area contributed by atoms with Crippen LogP contribution in [0.3, 0.4) is 0 Å². The van der Waals surface area contributed by atoms with E-state index >= 15 is 0 Å². The number of carbonyl (C=O) groups excluding carboxylic acids is 1. The first-order valence-corrected chi connectivity index (χ1v) is 5.70. The van der Waals surface area contributed by atoms with Crippen LogP contribution in [-0.4, -0.2) is 51.5 Å². The third-order valence-electron chi connectivity index (χ3n) is 3.01. The Morgan fingerprint density at radius 1 is 1.50 bits per heavy atom. The Morgan fingerprint density at radius 3 is 2.78 bits per heavy atom. The van der Waals surface area contributed by atoms with Gasteiger partial charge < -0.3 is 14.9 Å². The van der Waals surface area contributed by atoms with E-state index < -0.39 is 5.97 Å².